The average molecular weight is 278 g/mol. The molecule has 18 heavy (non-hydrogen) atoms. The van der Waals surface area contributed by atoms with Gasteiger partial charge in [0, 0.05) is 13.0 Å². The summed E-state index contributed by atoms with van der Waals surface area (Å²) in [4.78, 5) is 22.4. The van der Waals surface area contributed by atoms with E-state index in [2.05, 4.69) is 17.0 Å². The van der Waals surface area contributed by atoms with Gasteiger partial charge in [0.2, 0.25) is 5.91 Å². The molecule has 0 bridgehead atoms. The molecule has 1 amide bonds. The van der Waals surface area contributed by atoms with Crippen LogP contribution in [0.3, 0.4) is 0 Å². The molecule has 0 aliphatic heterocycles. The van der Waals surface area contributed by atoms with Gasteiger partial charge in [-0.3, -0.25) is 9.59 Å². The summed E-state index contributed by atoms with van der Waals surface area (Å²) in [7, 11) is 1.27. The van der Waals surface area contributed by atoms with E-state index in [0.717, 1.165) is 12.8 Å². The Kier molecular flexibility index (Phi) is 10.8. The number of hydrogen-bond acceptors (Lipinski definition) is 3. The number of carbonyl (C=O) groups excluding carboxylic acids is 2. The van der Waals surface area contributed by atoms with E-state index in [0.29, 0.717) is 6.42 Å². The third-order valence-corrected chi connectivity index (χ3v) is 3.03. The molecule has 0 rings (SSSR count). The molecule has 0 aromatic rings. The number of rotatable bonds is 10. The largest absolute Gasteiger partial charge is 0.468 e. The van der Waals surface area contributed by atoms with Gasteiger partial charge in [0.1, 0.15) is 5.38 Å². The van der Waals surface area contributed by atoms with Gasteiger partial charge in [0.15, 0.2) is 0 Å². The monoisotopic (exact) mass is 277 g/mol. The van der Waals surface area contributed by atoms with E-state index in [1.54, 1.807) is 0 Å². The minimum absolute atomic E-state index is 0.0555. The van der Waals surface area contributed by atoms with Crippen LogP contribution in [0.15, 0.2) is 0 Å². The minimum atomic E-state index is -0.802. The van der Waals surface area contributed by atoms with Crippen molar-refractivity contribution in [1.82, 2.24) is 5.32 Å². The average Bonchev–Trinajstić information content (AvgIpc) is 2.38. The maximum absolute atomic E-state index is 11.4. The van der Waals surface area contributed by atoms with E-state index < -0.39 is 11.3 Å². The molecule has 0 fully saturated rings. The minimum Gasteiger partial charge on any atom is -0.468 e. The number of esters is 1. The first-order chi connectivity index (χ1) is 8.61. The highest BCUT2D eigenvalue weighted by Crippen LogP contribution is 2.06. The van der Waals surface area contributed by atoms with Gasteiger partial charge in [0.05, 0.1) is 7.11 Å². The maximum Gasteiger partial charge on any atom is 0.325 e. The van der Waals surface area contributed by atoms with Crippen LogP contribution in [-0.4, -0.2) is 30.9 Å². The zero-order valence-corrected chi connectivity index (χ0v) is 12.1. The van der Waals surface area contributed by atoms with Crippen molar-refractivity contribution < 1.29 is 14.3 Å². The number of nitrogens with one attached hydrogen (secondary N) is 1. The van der Waals surface area contributed by atoms with Crippen molar-refractivity contribution in [1.29, 1.82) is 0 Å². The van der Waals surface area contributed by atoms with Crippen LogP contribution in [0.5, 0.6) is 0 Å². The van der Waals surface area contributed by atoms with Crippen molar-refractivity contribution in [3.8, 4) is 0 Å². The van der Waals surface area contributed by atoms with Crippen LogP contribution in [0.2, 0.25) is 0 Å². The van der Waals surface area contributed by atoms with Crippen LogP contribution >= 0.6 is 11.6 Å². The Morgan fingerprint density at radius 1 is 1.17 bits per heavy atom. The van der Waals surface area contributed by atoms with Crippen LogP contribution in [0.1, 0.15) is 51.9 Å². The molecule has 4 nitrogen and oxygen atoms in total. The summed E-state index contributed by atoms with van der Waals surface area (Å²) in [6.45, 7) is 2.31. The molecule has 0 saturated heterocycles. The lowest BCUT2D eigenvalue weighted by molar-refractivity contribution is -0.140. The number of unbranched alkanes of at least 4 members (excludes halogenated alkanes) is 5. The van der Waals surface area contributed by atoms with Crippen molar-refractivity contribution in [3.05, 3.63) is 0 Å². The molecule has 1 unspecified atom stereocenters. The summed E-state index contributed by atoms with van der Waals surface area (Å²) in [5.74, 6) is -0.573. The number of alkyl halides is 1. The van der Waals surface area contributed by atoms with Crippen LogP contribution in [-0.2, 0) is 14.3 Å². The number of amides is 1. The third kappa shape index (κ3) is 9.28. The maximum atomic E-state index is 11.4. The number of ether oxygens (including phenoxy) is 1. The lowest BCUT2D eigenvalue weighted by Gasteiger charge is -2.08. The topological polar surface area (TPSA) is 55.4 Å². The van der Waals surface area contributed by atoms with Gasteiger partial charge in [0.25, 0.3) is 0 Å². The molecular weight excluding hydrogens is 254 g/mol. The van der Waals surface area contributed by atoms with Crippen molar-refractivity contribution in [2.75, 3.05) is 13.7 Å². The molecule has 0 aromatic carbocycles. The zero-order chi connectivity index (χ0) is 13.8. The van der Waals surface area contributed by atoms with E-state index in [9.17, 15) is 9.59 Å². The Labute approximate surface area is 114 Å². The number of halogens is 1. The Hall–Kier alpha value is -0.770. The summed E-state index contributed by atoms with van der Waals surface area (Å²) < 4.78 is 4.46. The quantitative estimate of drug-likeness (QED) is 0.379. The third-order valence-electron chi connectivity index (χ3n) is 2.69. The number of methoxy groups -OCH3 is 1. The Morgan fingerprint density at radius 3 is 2.39 bits per heavy atom. The predicted octanol–water partition coefficient (Wildman–Crippen LogP) is 2.63. The van der Waals surface area contributed by atoms with Crippen LogP contribution in [0, 0.1) is 0 Å². The van der Waals surface area contributed by atoms with Crippen molar-refractivity contribution in [2.24, 2.45) is 0 Å². The van der Waals surface area contributed by atoms with E-state index in [1.807, 2.05) is 0 Å². The fourth-order valence-electron chi connectivity index (χ4n) is 1.57. The van der Waals surface area contributed by atoms with E-state index >= 15 is 0 Å². The molecule has 0 spiro atoms. The first-order valence-electron chi connectivity index (χ1n) is 6.60. The molecule has 0 heterocycles. The van der Waals surface area contributed by atoms with Gasteiger partial charge >= 0.3 is 5.97 Å². The first-order valence-corrected chi connectivity index (χ1v) is 7.04. The number of carbonyl (C=O) groups is 2. The van der Waals surface area contributed by atoms with Gasteiger partial charge in [-0.25, -0.2) is 0 Å². The number of hydrogen-bond donors (Lipinski definition) is 1. The second kappa shape index (κ2) is 11.3. The van der Waals surface area contributed by atoms with E-state index in [-0.39, 0.29) is 12.5 Å². The van der Waals surface area contributed by atoms with Crippen molar-refractivity contribution in [2.45, 2.75) is 57.2 Å². The highest BCUT2D eigenvalue weighted by Gasteiger charge is 2.16. The highest BCUT2D eigenvalue weighted by atomic mass is 35.5. The molecule has 5 heteroatoms. The van der Waals surface area contributed by atoms with Crippen molar-refractivity contribution in [3.63, 3.8) is 0 Å². The van der Waals surface area contributed by atoms with Crippen LogP contribution < -0.4 is 5.32 Å². The fourth-order valence-corrected chi connectivity index (χ4v) is 1.74. The van der Waals surface area contributed by atoms with Crippen LogP contribution in [0.25, 0.3) is 0 Å². The molecule has 0 aromatic heterocycles. The van der Waals surface area contributed by atoms with Gasteiger partial charge in [-0.05, 0) is 6.42 Å². The van der Waals surface area contributed by atoms with Gasteiger partial charge < -0.3 is 10.1 Å². The standard InChI is InChI=1S/C13H24ClNO3/c1-3-4-5-6-7-8-9-12(16)15-10-11(14)13(17)18-2/h11H,3-10H2,1-2H3,(H,15,16). The normalized spacial score (nSPS) is 11.9. The molecule has 0 saturated carbocycles. The fraction of sp³-hybridized carbons (Fsp3) is 0.846. The summed E-state index contributed by atoms with van der Waals surface area (Å²) in [6.07, 6.45) is 7.38. The molecule has 1 N–H and O–H groups in total. The molecule has 0 aliphatic carbocycles. The van der Waals surface area contributed by atoms with Crippen LogP contribution in [0.4, 0.5) is 0 Å². The van der Waals surface area contributed by atoms with Gasteiger partial charge in [-0.1, -0.05) is 39.0 Å². The summed E-state index contributed by atoms with van der Waals surface area (Å²) in [6, 6.07) is 0. The summed E-state index contributed by atoms with van der Waals surface area (Å²) >= 11 is 5.70. The Morgan fingerprint density at radius 2 is 1.78 bits per heavy atom. The molecular formula is C13H24ClNO3. The lowest BCUT2D eigenvalue weighted by Crippen LogP contribution is -2.34. The van der Waals surface area contributed by atoms with E-state index in [1.165, 1.54) is 32.8 Å². The van der Waals surface area contributed by atoms with Crippen molar-refractivity contribution >= 4 is 23.5 Å². The Bertz CT molecular complexity index is 246. The predicted molar refractivity (Wildman–Crippen MR) is 72.7 cm³/mol. The SMILES string of the molecule is CCCCCCCCC(=O)NCC(Cl)C(=O)OC. The first kappa shape index (κ1) is 17.2. The molecule has 1 atom stereocenters. The molecule has 0 radical (unpaired) electrons. The summed E-state index contributed by atoms with van der Waals surface area (Å²) in [5.41, 5.74) is 0. The van der Waals surface area contributed by atoms with Gasteiger partial charge in [-0.2, -0.15) is 0 Å². The smallest absolute Gasteiger partial charge is 0.325 e. The summed E-state index contributed by atoms with van der Waals surface area (Å²) in [5, 5.41) is 1.83. The molecule has 106 valence electrons. The zero-order valence-electron chi connectivity index (χ0n) is 11.3. The highest BCUT2D eigenvalue weighted by molar-refractivity contribution is 6.30. The second-order valence-corrected chi connectivity index (χ2v) is 4.84. The second-order valence-electron chi connectivity index (χ2n) is 4.31. The molecule has 0 aliphatic rings. The van der Waals surface area contributed by atoms with Gasteiger partial charge in [-0.15, -0.1) is 11.6 Å². The Balaban J connectivity index is 3.45. The lowest BCUT2D eigenvalue weighted by atomic mass is 10.1. The van der Waals surface area contributed by atoms with E-state index in [4.69, 9.17) is 11.6 Å².